The Labute approximate surface area is 283 Å². The molecule has 21 heteroatoms. The molecular weight excluding hydrogens is 703 g/mol. The smallest absolute Gasteiger partial charge is 0.328 e. The number of alkyl halides is 1. The van der Waals surface area contributed by atoms with Crippen LogP contribution in [0.2, 0.25) is 0 Å². The topological polar surface area (TPSA) is 213 Å². The first-order valence-electron chi connectivity index (χ1n) is 16.2. The van der Waals surface area contributed by atoms with Crippen LogP contribution in [0.1, 0.15) is 36.6 Å². The van der Waals surface area contributed by atoms with Gasteiger partial charge in [-0.3, -0.25) is 32.1 Å². The molecule has 4 aromatic heterocycles. The number of imidazole rings is 1. The van der Waals surface area contributed by atoms with Crippen LogP contribution in [0, 0.1) is 0 Å². The third-order valence-corrected chi connectivity index (χ3v) is 12.0. The quantitative estimate of drug-likeness (QED) is 0.286. The molecule has 8 rings (SSSR count). The van der Waals surface area contributed by atoms with Gasteiger partial charge in [0.15, 0.2) is 29.8 Å². The average molecular weight is 740 g/mol. The van der Waals surface area contributed by atoms with Gasteiger partial charge in [-0.15, -0.1) is 0 Å². The molecule has 2 N–H and O–H groups in total. The van der Waals surface area contributed by atoms with Crippen LogP contribution in [0.25, 0.3) is 22.2 Å². The molecule has 0 spiro atoms. The maximum absolute atomic E-state index is 16.5. The minimum absolute atomic E-state index is 0.00174. The van der Waals surface area contributed by atoms with Crippen molar-refractivity contribution in [3.8, 4) is 0 Å². The summed E-state index contributed by atoms with van der Waals surface area (Å²) in [5.41, 5.74) is 1.85. The average Bonchev–Trinajstić information content (AvgIpc) is 3.78. The van der Waals surface area contributed by atoms with Gasteiger partial charge in [0, 0.05) is 24.9 Å². The molecule has 3 aliphatic heterocycles. The lowest BCUT2D eigenvalue weighted by Gasteiger charge is -2.27. The van der Waals surface area contributed by atoms with E-state index in [-0.39, 0.29) is 24.3 Å². The second kappa shape index (κ2) is 12.9. The van der Waals surface area contributed by atoms with Crippen molar-refractivity contribution >= 4 is 37.4 Å². The Morgan fingerprint density at radius 2 is 1.62 bits per heavy atom. The summed E-state index contributed by atoms with van der Waals surface area (Å²) in [6, 6.07) is 0. The second-order valence-electron chi connectivity index (χ2n) is 12.9. The molecule has 2 unspecified atom stereocenters. The van der Waals surface area contributed by atoms with E-state index < -0.39 is 83.1 Å². The van der Waals surface area contributed by atoms with Gasteiger partial charge in [-0.2, -0.15) is 0 Å². The zero-order valence-electron chi connectivity index (χ0n) is 27.1. The van der Waals surface area contributed by atoms with Crippen LogP contribution in [-0.4, -0.2) is 114 Å². The minimum Gasteiger partial charge on any atom is -0.395 e. The second-order valence-corrected chi connectivity index (χ2v) is 16.9. The predicted octanol–water partition coefficient (Wildman–Crippen LogP) is 1.87. The first-order chi connectivity index (χ1) is 23.9. The van der Waals surface area contributed by atoms with Crippen LogP contribution in [0.3, 0.4) is 0 Å². The van der Waals surface area contributed by atoms with E-state index in [0.29, 0.717) is 5.65 Å². The Balaban J connectivity index is 1.10. The van der Waals surface area contributed by atoms with Crippen LogP contribution >= 0.6 is 15.2 Å². The van der Waals surface area contributed by atoms with E-state index in [1.165, 1.54) is 41.4 Å². The number of halogens is 1. The van der Waals surface area contributed by atoms with Crippen molar-refractivity contribution in [2.75, 3.05) is 33.2 Å². The number of aryl methyl sites for hydroxylation is 2. The summed E-state index contributed by atoms with van der Waals surface area (Å²) in [6.45, 7) is 1.07. The van der Waals surface area contributed by atoms with Crippen LogP contribution in [0.5, 0.6) is 0 Å². The first kappa shape index (κ1) is 34.1. The molecule has 3 fully saturated rings. The van der Waals surface area contributed by atoms with Crippen molar-refractivity contribution in [1.82, 2.24) is 33.6 Å². The van der Waals surface area contributed by atoms with E-state index in [1.54, 1.807) is 10.8 Å². The van der Waals surface area contributed by atoms with Gasteiger partial charge in [-0.1, -0.05) is 0 Å². The maximum Gasteiger partial charge on any atom is 0.328 e. The van der Waals surface area contributed by atoms with Gasteiger partial charge in [0.1, 0.15) is 48.8 Å². The number of hydrogen-bond donors (Lipinski definition) is 2. The molecular formula is C29H36FN7O11P2. The van der Waals surface area contributed by atoms with Gasteiger partial charge >= 0.3 is 15.2 Å². The van der Waals surface area contributed by atoms with Crippen molar-refractivity contribution < 1.29 is 51.3 Å². The molecule has 4 aromatic rings. The number of aromatic nitrogens is 7. The summed E-state index contributed by atoms with van der Waals surface area (Å²) in [7, 11) is -8.15. The van der Waals surface area contributed by atoms with E-state index >= 15 is 4.39 Å². The van der Waals surface area contributed by atoms with Gasteiger partial charge in [0.25, 0.3) is 5.56 Å². The fourth-order valence-corrected chi connectivity index (χ4v) is 9.42. The van der Waals surface area contributed by atoms with E-state index in [4.69, 9.17) is 27.6 Å². The largest absolute Gasteiger partial charge is 0.395 e. The molecule has 3 saturated heterocycles. The molecule has 50 heavy (non-hydrogen) atoms. The fourth-order valence-electron chi connectivity index (χ4n) is 7.10. The van der Waals surface area contributed by atoms with Gasteiger partial charge in [0.2, 0.25) is 0 Å². The predicted molar refractivity (Wildman–Crippen MR) is 170 cm³/mol. The van der Waals surface area contributed by atoms with Crippen molar-refractivity contribution in [2.45, 2.75) is 81.4 Å². The maximum atomic E-state index is 16.5. The van der Waals surface area contributed by atoms with Crippen molar-refractivity contribution in [3.05, 3.63) is 46.8 Å². The SMILES string of the molecule is CP1(=O)OC[C@H]2O[C@@H](n3cc4c5c(ncnc53)CCCC4)[C@H](F)[C@@H]2OP(C)(=O)OC[C@H]2O[C@@H](n3cnc4c(=O)n(CCO)cnc43)[C@H](O1)[C@@H]2O. The van der Waals surface area contributed by atoms with E-state index in [0.717, 1.165) is 42.3 Å². The number of aliphatic hydroxyl groups is 2. The number of ether oxygens (including phenoxy) is 2. The fraction of sp³-hybridized carbons (Fsp3) is 0.621. The molecule has 2 bridgehead atoms. The number of fused-ring (bicyclic) bond motifs is 4. The number of rotatable bonds is 4. The lowest BCUT2D eigenvalue weighted by molar-refractivity contribution is -0.0586. The zero-order valence-corrected chi connectivity index (χ0v) is 28.8. The normalized spacial score (nSPS) is 36.5. The van der Waals surface area contributed by atoms with Gasteiger partial charge in [0.05, 0.1) is 38.4 Å². The van der Waals surface area contributed by atoms with Crippen molar-refractivity contribution in [2.24, 2.45) is 0 Å². The van der Waals surface area contributed by atoms with Crippen LogP contribution in [-0.2, 0) is 56.1 Å². The highest BCUT2D eigenvalue weighted by molar-refractivity contribution is 7.53. The summed E-state index contributed by atoms with van der Waals surface area (Å²) in [5.74, 6) is 0. The molecule has 270 valence electrons. The van der Waals surface area contributed by atoms with Gasteiger partial charge in [-0.25, -0.2) is 24.3 Å². The lowest BCUT2D eigenvalue weighted by atomic mass is 10.1. The third-order valence-electron chi connectivity index (χ3n) is 9.47. The molecule has 1 aliphatic carbocycles. The number of aliphatic hydroxyl groups excluding tert-OH is 2. The highest BCUT2D eigenvalue weighted by Crippen LogP contribution is 2.54. The van der Waals surface area contributed by atoms with E-state index in [1.807, 2.05) is 0 Å². The van der Waals surface area contributed by atoms with Crippen molar-refractivity contribution in [3.63, 3.8) is 0 Å². The molecule has 4 aliphatic rings. The van der Waals surface area contributed by atoms with Gasteiger partial charge in [-0.05, 0) is 31.2 Å². The first-order valence-corrected chi connectivity index (χ1v) is 20.2. The Kier molecular flexibility index (Phi) is 8.82. The monoisotopic (exact) mass is 739 g/mol. The van der Waals surface area contributed by atoms with Gasteiger partial charge < -0.3 is 33.3 Å². The number of nitrogens with zero attached hydrogens (tertiary/aromatic N) is 7. The summed E-state index contributed by atoms with van der Waals surface area (Å²) in [4.78, 5) is 30.2. The van der Waals surface area contributed by atoms with Crippen LogP contribution < -0.4 is 5.56 Å². The highest BCUT2D eigenvalue weighted by Gasteiger charge is 2.53. The minimum atomic E-state index is -4.08. The number of hydrogen-bond acceptors (Lipinski definition) is 15. The lowest BCUT2D eigenvalue weighted by Crippen LogP contribution is -2.35. The van der Waals surface area contributed by atoms with E-state index in [9.17, 15) is 24.1 Å². The summed E-state index contributed by atoms with van der Waals surface area (Å²) >= 11 is 0. The summed E-state index contributed by atoms with van der Waals surface area (Å²) in [5, 5.41) is 21.4. The Morgan fingerprint density at radius 3 is 2.40 bits per heavy atom. The molecule has 0 aromatic carbocycles. The van der Waals surface area contributed by atoms with Crippen LogP contribution in [0.4, 0.5) is 4.39 Å². The molecule has 7 heterocycles. The summed E-state index contributed by atoms with van der Waals surface area (Å²) in [6.07, 6.45) is -2.00. The standard InChI is InChI=1S/C29H36FN7O11P2/c1-49(41)43-10-17-22(39)24(29(45-17)37-14-33-21-26(37)34-13-35(7-8-38)27(21)40)48-50(2,42)44-11-18-23(47-49)20(30)28(46-18)36-9-15-5-3-4-6-16-19(15)25(36)32-12-31-16/h9,12-14,17-18,20,22-24,28-29,38-39H,3-8,10-11H2,1-2H3/t17-,18-,20-,22-,23-,24-,28-,29-,49?,50?/m1/s1. The molecule has 0 radical (unpaired) electrons. The highest BCUT2D eigenvalue weighted by atomic mass is 31.2. The molecule has 0 amide bonds. The molecule has 18 nitrogen and oxygen atoms in total. The molecule has 0 saturated carbocycles. The van der Waals surface area contributed by atoms with E-state index in [2.05, 4.69) is 19.9 Å². The Morgan fingerprint density at radius 1 is 0.900 bits per heavy atom. The Bertz CT molecular complexity index is 2090. The summed E-state index contributed by atoms with van der Waals surface area (Å²) < 4.78 is 83.5. The van der Waals surface area contributed by atoms with Crippen molar-refractivity contribution in [1.29, 1.82) is 0 Å². The molecule has 10 atom stereocenters. The third kappa shape index (κ3) is 5.96. The Hall–Kier alpha value is -2.96. The van der Waals surface area contributed by atoms with Crippen LogP contribution in [0.15, 0.2) is 30.0 Å². The zero-order chi connectivity index (χ0) is 34.9.